The van der Waals surface area contributed by atoms with Crippen molar-refractivity contribution in [1.82, 2.24) is 5.32 Å². The molecule has 4 heteroatoms. The topological polar surface area (TPSA) is 58.6 Å². The smallest absolute Gasteiger partial charge is 0.320 e. The van der Waals surface area contributed by atoms with Crippen molar-refractivity contribution in [2.75, 3.05) is 13.2 Å². The zero-order valence-corrected chi connectivity index (χ0v) is 12.1. The molecule has 18 heavy (non-hydrogen) atoms. The number of hydrogen-bond acceptors (Lipinski definition) is 4. The standard InChI is InChI=1S/C14H27NO3/c1-11-5-7-14(10-16,8-6-11)15-9-12(17)18-13(2,3)4/h11,15-16H,5-10H2,1-4H3. The van der Waals surface area contributed by atoms with Crippen LogP contribution in [0.1, 0.15) is 53.4 Å². The SMILES string of the molecule is CC1CCC(CO)(NCC(=O)OC(C)(C)C)CC1. The van der Waals surface area contributed by atoms with E-state index in [2.05, 4.69) is 12.2 Å². The van der Waals surface area contributed by atoms with Crippen LogP contribution in [0.2, 0.25) is 0 Å². The number of rotatable bonds is 4. The lowest BCUT2D eigenvalue weighted by molar-refractivity contribution is -0.154. The fourth-order valence-corrected chi connectivity index (χ4v) is 2.34. The quantitative estimate of drug-likeness (QED) is 0.755. The van der Waals surface area contributed by atoms with Crippen LogP contribution in [-0.4, -0.2) is 35.4 Å². The molecule has 1 aliphatic rings. The van der Waals surface area contributed by atoms with Crippen molar-refractivity contribution in [3.8, 4) is 0 Å². The van der Waals surface area contributed by atoms with Crippen molar-refractivity contribution in [1.29, 1.82) is 0 Å². The minimum atomic E-state index is -0.452. The van der Waals surface area contributed by atoms with Gasteiger partial charge in [-0.05, 0) is 52.4 Å². The summed E-state index contributed by atoms with van der Waals surface area (Å²) in [5, 5.41) is 12.8. The highest BCUT2D eigenvalue weighted by Gasteiger charge is 2.34. The predicted molar refractivity (Wildman–Crippen MR) is 71.3 cm³/mol. The molecule has 2 N–H and O–H groups in total. The molecule has 0 aliphatic heterocycles. The normalized spacial score (nSPS) is 29.1. The van der Waals surface area contributed by atoms with Gasteiger partial charge < -0.3 is 9.84 Å². The molecule has 4 nitrogen and oxygen atoms in total. The molecule has 0 heterocycles. The van der Waals surface area contributed by atoms with Gasteiger partial charge in [0.25, 0.3) is 0 Å². The Kier molecular flexibility index (Phi) is 5.17. The Hall–Kier alpha value is -0.610. The molecule has 1 saturated carbocycles. The van der Waals surface area contributed by atoms with Gasteiger partial charge in [-0.1, -0.05) is 6.92 Å². The number of aliphatic hydroxyl groups is 1. The maximum atomic E-state index is 11.7. The Morgan fingerprint density at radius 2 is 1.94 bits per heavy atom. The van der Waals surface area contributed by atoms with Crippen LogP contribution >= 0.6 is 0 Å². The molecule has 0 aromatic heterocycles. The van der Waals surface area contributed by atoms with Crippen LogP contribution in [0.15, 0.2) is 0 Å². The van der Waals surface area contributed by atoms with Crippen LogP contribution < -0.4 is 5.32 Å². The largest absolute Gasteiger partial charge is 0.459 e. The molecule has 0 unspecified atom stereocenters. The summed E-state index contributed by atoms with van der Waals surface area (Å²) in [5.41, 5.74) is -0.740. The molecular weight excluding hydrogens is 230 g/mol. The Balaban J connectivity index is 2.42. The van der Waals surface area contributed by atoms with Gasteiger partial charge in [-0.2, -0.15) is 0 Å². The highest BCUT2D eigenvalue weighted by Crippen LogP contribution is 2.31. The van der Waals surface area contributed by atoms with E-state index in [4.69, 9.17) is 4.74 Å². The van der Waals surface area contributed by atoms with E-state index in [0.717, 1.165) is 25.7 Å². The molecule has 0 aromatic carbocycles. The minimum Gasteiger partial charge on any atom is -0.459 e. The molecule has 1 rings (SSSR count). The molecule has 106 valence electrons. The third-order valence-electron chi connectivity index (χ3n) is 3.56. The number of carbonyl (C=O) groups is 1. The first kappa shape index (κ1) is 15.4. The molecule has 0 radical (unpaired) electrons. The van der Waals surface area contributed by atoms with Crippen molar-refractivity contribution >= 4 is 5.97 Å². The number of nitrogens with one attached hydrogen (secondary N) is 1. The molecule has 0 atom stereocenters. The molecule has 0 saturated heterocycles. The molecule has 0 spiro atoms. The Bertz CT molecular complexity index is 275. The summed E-state index contributed by atoms with van der Waals surface area (Å²) in [6.07, 6.45) is 4.05. The van der Waals surface area contributed by atoms with Crippen LogP contribution in [0.4, 0.5) is 0 Å². The van der Waals surface area contributed by atoms with Gasteiger partial charge in [-0.3, -0.25) is 10.1 Å². The minimum absolute atomic E-state index is 0.0858. The van der Waals surface area contributed by atoms with Crippen LogP contribution in [-0.2, 0) is 9.53 Å². The van der Waals surface area contributed by atoms with Gasteiger partial charge in [0.1, 0.15) is 5.60 Å². The van der Waals surface area contributed by atoms with Gasteiger partial charge in [0.2, 0.25) is 0 Å². The maximum absolute atomic E-state index is 11.7. The Morgan fingerprint density at radius 1 is 1.39 bits per heavy atom. The lowest BCUT2D eigenvalue weighted by atomic mass is 9.77. The van der Waals surface area contributed by atoms with Gasteiger partial charge in [0, 0.05) is 5.54 Å². The van der Waals surface area contributed by atoms with E-state index in [-0.39, 0.29) is 24.7 Å². The Morgan fingerprint density at radius 3 is 2.39 bits per heavy atom. The fraction of sp³-hybridized carbons (Fsp3) is 0.929. The summed E-state index contributed by atoms with van der Waals surface area (Å²) >= 11 is 0. The lowest BCUT2D eigenvalue weighted by Gasteiger charge is -2.38. The third kappa shape index (κ3) is 4.94. The van der Waals surface area contributed by atoms with Gasteiger partial charge >= 0.3 is 5.97 Å². The Labute approximate surface area is 110 Å². The first-order valence-corrected chi connectivity index (χ1v) is 6.84. The van der Waals surface area contributed by atoms with E-state index in [1.54, 1.807) is 0 Å². The highest BCUT2D eigenvalue weighted by molar-refractivity contribution is 5.72. The molecule has 0 amide bonds. The second-order valence-corrected chi connectivity index (χ2v) is 6.56. The van der Waals surface area contributed by atoms with Gasteiger partial charge in [-0.15, -0.1) is 0 Å². The first-order valence-electron chi connectivity index (χ1n) is 6.84. The monoisotopic (exact) mass is 257 g/mol. The molecule has 0 aromatic rings. The maximum Gasteiger partial charge on any atom is 0.320 e. The summed E-state index contributed by atoms with van der Waals surface area (Å²) in [4.78, 5) is 11.7. The summed E-state index contributed by atoms with van der Waals surface area (Å²) in [6.45, 7) is 8.06. The number of hydrogen-bond donors (Lipinski definition) is 2. The zero-order valence-electron chi connectivity index (χ0n) is 12.1. The predicted octanol–water partition coefficient (Wildman–Crippen LogP) is 1.86. The van der Waals surface area contributed by atoms with E-state index >= 15 is 0 Å². The fourth-order valence-electron chi connectivity index (χ4n) is 2.34. The lowest BCUT2D eigenvalue weighted by Crippen LogP contribution is -2.53. The van der Waals surface area contributed by atoms with Crippen molar-refractivity contribution in [2.24, 2.45) is 5.92 Å². The van der Waals surface area contributed by atoms with E-state index in [1.165, 1.54) is 0 Å². The first-order chi connectivity index (χ1) is 8.26. The molecule has 1 aliphatic carbocycles. The second-order valence-electron chi connectivity index (χ2n) is 6.56. The van der Waals surface area contributed by atoms with Gasteiger partial charge in [0.15, 0.2) is 0 Å². The summed E-state index contributed by atoms with van der Waals surface area (Å²) in [5.74, 6) is 0.460. The third-order valence-corrected chi connectivity index (χ3v) is 3.56. The second kappa shape index (κ2) is 6.02. The van der Waals surface area contributed by atoms with Crippen LogP contribution in [0.5, 0.6) is 0 Å². The summed E-state index contributed by atoms with van der Waals surface area (Å²) in [6, 6.07) is 0. The average molecular weight is 257 g/mol. The van der Waals surface area contributed by atoms with Crippen molar-refractivity contribution in [2.45, 2.75) is 64.5 Å². The van der Waals surface area contributed by atoms with E-state index in [0.29, 0.717) is 5.92 Å². The van der Waals surface area contributed by atoms with Crippen LogP contribution in [0, 0.1) is 5.92 Å². The van der Waals surface area contributed by atoms with E-state index in [9.17, 15) is 9.90 Å². The molecular formula is C14H27NO3. The number of aliphatic hydroxyl groups excluding tert-OH is 1. The molecule has 0 bridgehead atoms. The van der Waals surface area contributed by atoms with Gasteiger partial charge in [-0.25, -0.2) is 0 Å². The van der Waals surface area contributed by atoms with Crippen LogP contribution in [0.3, 0.4) is 0 Å². The summed E-state index contributed by atoms with van der Waals surface area (Å²) < 4.78 is 5.26. The number of ether oxygens (including phenoxy) is 1. The van der Waals surface area contributed by atoms with Crippen molar-refractivity contribution in [3.63, 3.8) is 0 Å². The average Bonchev–Trinajstić information content (AvgIpc) is 2.27. The number of esters is 1. The van der Waals surface area contributed by atoms with Crippen LogP contribution in [0.25, 0.3) is 0 Å². The van der Waals surface area contributed by atoms with E-state index < -0.39 is 5.60 Å². The highest BCUT2D eigenvalue weighted by atomic mass is 16.6. The van der Waals surface area contributed by atoms with Crippen molar-refractivity contribution in [3.05, 3.63) is 0 Å². The number of carbonyl (C=O) groups excluding carboxylic acids is 1. The van der Waals surface area contributed by atoms with Crippen molar-refractivity contribution < 1.29 is 14.6 Å². The zero-order chi connectivity index (χ0) is 13.8. The van der Waals surface area contributed by atoms with E-state index in [1.807, 2.05) is 20.8 Å². The van der Waals surface area contributed by atoms with Gasteiger partial charge in [0.05, 0.1) is 13.2 Å². The molecule has 1 fully saturated rings. The summed E-state index contributed by atoms with van der Waals surface area (Å²) in [7, 11) is 0.